The van der Waals surface area contributed by atoms with E-state index in [9.17, 15) is 0 Å². The second-order valence-corrected chi connectivity index (χ2v) is 6.24. The summed E-state index contributed by atoms with van der Waals surface area (Å²) in [6.45, 7) is 5.81. The molecule has 6 nitrogen and oxygen atoms in total. The Morgan fingerprint density at radius 1 is 0.920 bits per heavy atom. The molecule has 0 spiro atoms. The highest BCUT2D eigenvalue weighted by molar-refractivity contribution is 6.35. The minimum Gasteiger partial charge on any atom is -0.382 e. The summed E-state index contributed by atoms with van der Waals surface area (Å²) in [5.74, 6) is 1.72. The fourth-order valence-corrected chi connectivity index (χ4v) is 2.61. The number of nitrogens with zero attached hydrogens (tertiary/aromatic N) is 3. The molecule has 0 radical (unpaired) electrons. The van der Waals surface area contributed by atoms with E-state index in [1.165, 1.54) is 0 Å². The Bertz CT molecular complexity index is 925. The molecule has 0 atom stereocenters. The first-order chi connectivity index (χ1) is 11.9. The van der Waals surface area contributed by atoms with Crippen LogP contribution in [-0.2, 0) is 0 Å². The van der Waals surface area contributed by atoms with Crippen molar-refractivity contribution in [2.24, 2.45) is 0 Å². The molecule has 7 heteroatoms. The van der Waals surface area contributed by atoms with E-state index in [4.69, 9.17) is 17.3 Å². The molecule has 0 aliphatic rings. The molecule has 3 aromatic heterocycles. The molecule has 25 heavy (non-hydrogen) atoms. The zero-order valence-corrected chi connectivity index (χ0v) is 15.0. The van der Waals surface area contributed by atoms with Crippen molar-refractivity contribution in [3.05, 3.63) is 58.5 Å². The lowest BCUT2D eigenvalue weighted by atomic mass is 10.2. The van der Waals surface area contributed by atoms with Crippen molar-refractivity contribution < 1.29 is 0 Å². The summed E-state index contributed by atoms with van der Waals surface area (Å²) in [5, 5.41) is 6.88. The monoisotopic (exact) mass is 354 g/mol. The van der Waals surface area contributed by atoms with Crippen LogP contribution in [0.3, 0.4) is 0 Å². The quantitative estimate of drug-likeness (QED) is 0.638. The molecule has 0 fully saturated rings. The first kappa shape index (κ1) is 17.0. The first-order valence-corrected chi connectivity index (χ1v) is 8.16. The molecule has 0 saturated carbocycles. The maximum atomic E-state index is 6.24. The fraction of sp³-hybridized carbons (Fsp3) is 0.167. The number of anilines is 5. The number of hydrogen-bond acceptors (Lipinski definition) is 6. The molecule has 0 amide bonds. The second-order valence-electron chi connectivity index (χ2n) is 5.86. The van der Waals surface area contributed by atoms with Crippen molar-refractivity contribution in [2.45, 2.75) is 20.8 Å². The molecule has 0 unspecified atom stereocenters. The van der Waals surface area contributed by atoms with Crippen LogP contribution in [0, 0.1) is 20.8 Å². The lowest BCUT2D eigenvalue weighted by molar-refractivity contribution is 1.18. The van der Waals surface area contributed by atoms with Gasteiger partial charge in [0.05, 0.1) is 5.69 Å². The van der Waals surface area contributed by atoms with Gasteiger partial charge in [-0.2, -0.15) is 0 Å². The number of pyridine rings is 3. The molecular weight excluding hydrogens is 336 g/mol. The lowest BCUT2D eigenvalue weighted by Crippen LogP contribution is -2.02. The average molecular weight is 355 g/mol. The Morgan fingerprint density at radius 2 is 1.68 bits per heavy atom. The Labute approximate surface area is 151 Å². The molecule has 3 heterocycles. The standard InChI is InChI=1S/C18H19ClN6/c1-10-4-5-21-15(6-10)24-13-7-11(2)22-16(9-13)25-14-8-12(3)23-18(20)17(14)19/h4-9H,1-3H3,(H4,20,21,22,23,24,25). The van der Waals surface area contributed by atoms with Crippen LogP contribution in [0.4, 0.5) is 28.8 Å². The van der Waals surface area contributed by atoms with Crippen molar-refractivity contribution >= 4 is 40.4 Å². The van der Waals surface area contributed by atoms with Crippen LogP contribution >= 0.6 is 11.6 Å². The lowest BCUT2D eigenvalue weighted by Gasteiger charge is -2.13. The number of aromatic nitrogens is 3. The largest absolute Gasteiger partial charge is 0.382 e. The van der Waals surface area contributed by atoms with E-state index in [0.717, 1.165) is 28.5 Å². The van der Waals surface area contributed by atoms with Crippen LogP contribution in [0.5, 0.6) is 0 Å². The topological polar surface area (TPSA) is 88.8 Å². The van der Waals surface area contributed by atoms with E-state index >= 15 is 0 Å². The Kier molecular flexibility index (Phi) is 4.72. The summed E-state index contributed by atoms with van der Waals surface area (Å²) < 4.78 is 0. The summed E-state index contributed by atoms with van der Waals surface area (Å²) in [7, 11) is 0. The Morgan fingerprint density at radius 3 is 2.44 bits per heavy atom. The van der Waals surface area contributed by atoms with Crippen molar-refractivity contribution in [3.8, 4) is 0 Å². The van der Waals surface area contributed by atoms with Gasteiger partial charge < -0.3 is 16.4 Å². The molecular formula is C18H19ClN6. The van der Waals surface area contributed by atoms with E-state index < -0.39 is 0 Å². The van der Waals surface area contributed by atoms with Crippen LogP contribution in [0.1, 0.15) is 17.0 Å². The van der Waals surface area contributed by atoms with Crippen molar-refractivity contribution in [1.29, 1.82) is 0 Å². The van der Waals surface area contributed by atoms with Gasteiger partial charge in [-0.25, -0.2) is 15.0 Å². The van der Waals surface area contributed by atoms with E-state index in [-0.39, 0.29) is 0 Å². The summed E-state index contributed by atoms with van der Waals surface area (Å²) in [5.41, 5.74) is 10.1. The predicted octanol–water partition coefficient (Wildman–Crippen LogP) is 4.52. The van der Waals surface area contributed by atoms with Crippen LogP contribution in [0.15, 0.2) is 36.5 Å². The zero-order chi connectivity index (χ0) is 18.0. The van der Waals surface area contributed by atoms with E-state index in [2.05, 4.69) is 25.6 Å². The Balaban J connectivity index is 1.89. The van der Waals surface area contributed by atoms with Gasteiger partial charge in [-0.3, -0.25) is 0 Å². The number of aryl methyl sites for hydroxylation is 3. The summed E-state index contributed by atoms with van der Waals surface area (Å²) in [6, 6.07) is 9.60. The Hall–Kier alpha value is -2.86. The zero-order valence-electron chi connectivity index (χ0n) is 14.3. The molecule has 0 aromatic carbocycles. The van der Waals surface area contributed by atoms with E-state index in [1.807, 2.05) is 51.1 Å². The van der Waals surface area contributed by atoms with Gasteiger partial charge in [-0.05, 0) is 50.6 Å². The van der Waals surface area contributed by atoms with Crippen molar-refractivity contribution in [2.75, 3.05) is 16.4 Å². The summed E-state index contributed by atoms with van der Waals surface area (Å²) in [4.78, 5) is 13.0. The van der Waals surface area contributed by atoms with Gasteiger partial charge in [0.1, 0.15) is 22.5 Å². The molecule has 0 saturated heterocycles. The molecule has 0 aliphatic carbocycles. The molecule has 128 valence electrons. The second kappa shape index (κ2) is 6.94. The highest BCUT2D eigenvalue weighted by Gasteiger charge is 2.09. The average Bonchev–Trinajstić information content (AvgIpc) is 2.51. The van der Waals surface area contributed by atoms with Gasteiger partial charge in [0, 0.05) is 29.3 Å². The van der Waals surface area contributed by atoms with E-state index in [0.29, 0.717) is 22.3 Å². The maximum Gasteiger partial charge on any atom is 0.144 e. The minimum atomic E-state index is 0.291. The van der Waals surface area contributed by atoms with Crippen LogP contribution in [0.2, 0.25) is 5.02 Å². The first-order valence-electron chi connectivity index (χ1n) is 7.79. The number of nitrogens with two attached hydrogens (primary N) is 1. The molecule has 0 aliphatic heterocycles. The minimum absolute atomic E-state index is 0.291. The molecule has 4 N–H and O–H groups in total. The normalized spacial score (nSPS) is 10.6. The maximum absolute atomic E-state index is 6.24. The van der Waals surface area contributed by atoms with Crippen molar-refractivity contribution in [1.82, 2.24) is 15.0 Å². The molecule has 3 aromatic rings. The predicted molar refractivity (Wildman–Crippen MR) is 103 cm³/mol. The van der Waals surface area contributed by atoms with Gasteiger partial charge in [0.2, 0.25) is 0 Å². The third-order valence-corrected chi connectivity index (χ3v) is 3.91. The smallest absolute Gasteiger partial charge is 0.144 e. The summed E-state index contributed by atoms with van der Waals surface area (Å²) in [6.07, 6.45) is 1.77. The SMILES string of the molecule is Cc1ccnc(Nc2cc(C)nc(Nc3cc(C)nc(N)c3Cl)c2)c1. The van der Waals surface area contributed by atoms with E-state index in [1.54, 1.807) is 6.20 Å². The highest BCUT2D eigenvalue weighted by Crippen LogP contribution is 2.30. The van der Waals surface area contributed by atoms with Gasteiger partial charge in [-0.15, -0.1) is 0 Å². The number of hydrogen-bond donors (Lipinski definition) is 3. The van der Waals surface area contributed by atoms with Crippen LogP contribution < -0.4 is 16.4 Å². The van der Waals surface area contributed by atoms with Gasteiger partial charge in [-0.1, -0.05) is 11.6 Å². The van der Waals surface area contributed by atoms with Gasteiger partial charge in [0.15, 0.2) is 0 Å². The van der Waals surface area contributed by atoms with Gasteiger partial charge >= 0.3 is 0 Å². The number of halogens is 1. The van der Waals surface area contributed by atoms with Crippen molar-refractivity contribution in [3.63, 3.8) is 0 Å². The third kappa shape index (κ3) is 4.16. The van der Waals surface area contributed by atoms with Gasteiger partial charge in [0.25, 0.3) is 0 Å². The van der Waals surface area contributed by atoms with Crippen LogP contribution in [0.25, 0.3) is 0 Å². The third-order valence-electron chi connectivity index (χ3n) is 3.52. The number of nitrogens with one attached hydrogen (secondary N) is 2. The fourth-order valence-electron chi connectivity index (χ4n) is 2.47. The van der Waals surface area contributed by atoms with Crippen LogP contribution in [-0.4, -0.2) is 15.0 Å². The number of rotatable bonds is 4. The molecule has 0 bridgehead atoms. The molecule has 3 rings (SSSR count). The highest BCUT2D eigenvalue weighted by atomic mass is 35.5. The summed E-state index contributed by atoms with van der Waals surface area (Å²) >= 11 is 6.24. The number of nitrogen functional groups attached to an aromatic ring is 1.